The number of hydrogen-bond acceptors (Lipinski definition) is 2. The van der Waals surface area contributed by atoms with Crippen LogP contribution in [0.3, 0.4) is 0 Å². The number of hydrogen-bond donors (Lipinski definition) is 2. The number of carbonyl (C=O) groups is 1. The third kappa shape index (κ3) is 5.20. The van der Waals surface area contributed by atoms with Gasteiger partial charge < -0.3 is 10.6 Å². The second kappa shape index (κ2) is 7.30. The first-order chi connectivity index (χ1) is 8.13. The minimum Gasteiger partial charge on any atom is -0.348 e. The average Bonchev–Trinajstić information content (AvgIpc) is 2.29. The molecule has 0 bridgehead atoms. The van der Waals surface area contributed by atoms with Crippen molar-refractivity contribution in [3.63, 3.8) is 0 Å². The molecule has 0 aliphatic rings. The second-order valence-corrected chi connectivity index (χ2v) is 4.46. The Morgan fingerprint density at radius 3 is 2.88 bits per heavy atom. The van der Waals surface area contributed by atoms with E-state index in [-0.39, 0.29) is 11.9 Å². The van der Waals surface area contributed by atoms with E-state index in [0.717, 1.165) is 18.5 Å². The molecular weight excluding hydrogens is 236 g/mol. The predicted octanol–water partition coefficient (Wildman–Crippen LogP) is 2.52. The smallest absolute Gasteiger partial charge is 0.234 e. The monoisotopic (exact) mass is 254 g/mol. The van der Waals surface area contributed by atoms with Crippen molar-refractivity contribution in [1.29, 1.82) is 0 Å². The Balaban J connectivity index is 2.43. The molecule has 0 heterocycles. The van der Waals surface area contributed by atoms with Gasteiger partial charge in [0.1, 0.15) is 0 Å². The van der Waals surface area contributed by atoms with Crippen LogP contribution in [0.1, 0.15) is 31.9 Å². The van der Waals surface area contributed by atoms with Crippen molar-refractivity contribution in [1.82, 2.24) is 10.6 Å². The number of halogens is 1. The van der Waals surface area contributed by atoms with E-state index in [9.17, 15) is 4.79 Å². The Labute approximate surface area is 108 Å². The quantitative estimate of drug-likeness (QED) is 0.766. The molecule has 0 fully saturated rings. The summed E-state index contributed by atoms with van der Waals surface area (Å²) in [6.07, 6.45) is 1.02. The van der Waals surface area contributed by atoms with Crippen molar-refractivity contribution in [2.45, 2.75) is 26.3 Å². The van der Waals surface area contributed by atoms with E-state index in [4.69, 9.17) is 11.6 Å². The van der Waals surface area contributed by atoms with E-state index in [2.05, 4.69) is 17.6 Å². The fourth-order valence-electron chi connectivity index (χ4n) is 1.53. The van der Waals surface area contributed by atoms with Crippen LogP contribution in [0.15, 0.2) is 24.3 Å². The van der Waals surface area contributed by atoms with Crippen molar-refractivity contribution in [3.05, 3.63) is 34.9 Å². The lowest BCUT2D eigenvalue weighted by Crippen LogP contribution is -2.35. The molecule has 2 N–H and O–H groups in total. The number of benzene rings is 1. The van der Waals surface area contributed by atoms with Gasteiger partial charge in [0.2, 0.25) is 5.91 Å². The number of amides is 1. The summed E-state index contributed by atoms with van der Waals surface area (Å²) in [6.45, 7) is 5.24. The van der Waals surface area contributed by atoms with Crippen molar-refractivity contribution < 1.29 is 4.79 Å². The van der Waals surface area contributed by atoms with Crippen LogP contribution < -0.4 is 10.6 Å². The van der Waals surface area contributed by atoms with Crippen LogP contribution in [-0.2, 0) is 4.79 Å². The summed E-state index contributed by atoms with van der Waals surface area (Å²) in [4.78, 5) is 11.6. The van der Waals surface area contributed by atoms with E-state index in [0.29, 0.717) is 11.6 Å². The molecule has 1 aromatic rings. The molecule has 1 rings (SSSR count). The number of nitrogens with one attached hydrogen (secondary N) is 2. The molecule has 0 saturated carbocycles. The van der Waals surface area contributed by atoms with Gasteiger partial charge in [-0.25, -0.2) is 0 Å². The highest BCUT2D eigenvalue weighted by atomic mass is 35.5. The van der Waals surface area contributed by atoms with Gasteiger partial charge in [0.15, 0.2) is 0 Å². The maximum atomic E-state index is 11.6. The zero-order chi connectivity index (χ0) is 12.7. The Bertz CT molecular complexity index is 368. The van der Waals surface area contributed by atoms with Crippen LogP contribution in [0.5, 0.6) is 0 Å². The first-order valence-corrected chi connectivity index (χ1v) is 6.26. The van der Waals surface area contributed by atoms with E-state index < -0.39 is 0 Å². The molecule has 0 saturated heterocycles. The minimum atomic E-state index is -0.0235. The molecule has 94 valence electrons. The van der Waals surface area contributed by atoms with Gasteiger partial charge >= 0.3 is 0 Å². The molecule has 17 heavy (non-hydrogen) atoms. The standard InChI is InChI=1S/C13H19ClN2O/c1-3-7-15-9-13(17)16-10(2)11-5-4-6-12(14)8-11/h4-6,8,10,15H,3,7,9H2,1-2H3,(H,16,17). The zero-order valence-electron chi connectivity index (χ0n) is 10.3. The second-order valence-electron chi connectivity index (χ2n) is 4.02. The van der Waals surface area contributed by atoms with Gasteiger partial charge in [0, 0.05) is 5.02 Å². The molecular formula is C13H19ClN2O. The third-order valence-corrected chi connectivity index (χ3v) is 2.67. The summed E-state index contributed by atoms with van der Waals surface area (Å²) in [5.74, 6) is 0.00549. The summed E-state index contributed by atoms with van der Waals surface area (Å²) in [5, 5.41) is 6.67. The lowest BCUT2D eigenvalue weighted by Gasteiger charge is -2.14. The van der Waals surface area contributed by atoms with Gasteiger partial charge in [0.05, 0.1) is 12.6 Å². The van der Waals surface area contributed by atoms with E-state index >= 15 is 0 Å². The van der Waals surface area contributed by atoms with Gasteiger partial charge in [-0.15, -0.1) is 0 Å². The molecule has 0 radical (unpaired) electrons. The van der Waals surface area contributed by atoms with Crippen LogP contribution in [0.2, 0.25) is 5.02 Å². The highest BCUT2D eigenvalue weighted by Crippen LogP contribution is 2.16. The summed E-state index contributed by atoms with van der Waals surface area (Å²) < 4.78 is 0. The molecule has 0 aliphatic heterocycles. The summed E-state index contributed by atoms with van der Waals surface area (Å²) >= 11 is 5.90. The van der Waals surface area contributed by atoms with E-state index in [1.807, 2.05) is 31.2 Å². The van der Waals surface area contributed by atoms with Crippen LogP contribution in [0.4, 0.5) is 0 Å². The molecule has 0 aromatic heterocycles. The fourth-order valence-corrected chi connectivity index (χ4v) is 1.73. The van der Waals surface area contributed by atoms with Gasteiger partial charge in [-0.2, -0.15) is 0 Å². The number of carbonyl (C=O) groups excluding carboxylic acids is 1. The highest BCUT2D eigenvalue weighted by molar-refractivity contribution is 6.30. The average molecular weight is 255 g/mol. The molecule has 0 spiro atoms. The molecule has 4 heteroatoms. The van der Waals surface area contributed by atoms with Crippen LogP contribution in [0, 0.1) is 0 Å². The first-order valence-electron chi connectivity index (χ1n) is 5.89. The topological polar surface area (TPSA) is 41.1 Å². The lowest BCUT2D eigenvalue weighted by atomic mass is 10.1. The molecule has 1 amide bonds. The highest BCUT2D eigenvalue weighted by Gasteiger charge is 2.08. The first kappa shape index (κ1) is 14.0. The van der Waals surface area contributed by atoms with Crippen molar-refractivity contribution in [2.24, 2.45) is 0 Å². The van der Waals surface area contributed by atoms with Crippen LogP contribution >= 0.6 is 11.6 Å². The zero-order valence-corrected chi connectivity index (χ0v) is 11.1. The van der Waals surface area contributed by atoms with Gasteiger partial charge in [-0.1, -0.05) is 30.7 Å². The summed E-state index contributed by atoms with van der Waals surface area (Å²) in [6, 6.07) is 7.50. The SMILES string of the molecule is CCCNCC(=O)NC(C)c1cccc(Cl)c1. The largest absolute Gasteiger partial charge is 0.348 e. The fraction of sp³-hybridized carbons (Fsp3) is 0.462. The van der Waals surface area contributed by atoms with Crippen molar-refractivity contribution >= 4 is 17.5 Å². The Hall–Kier alpha value is -1.06. The third-order valence-electron chi connectivity index (χ3n) is 2.44. The molecule has 0 aliphatic carbocycles. The number of rotatable bonds is 6. The molecule has 1 unspecified atom stereocenters. The van der Waals surface area contributed by atoms with Gasteiger partial charge in [0.25, 0.3) is 0 Å². The maximum Gasteiger partial charge on any atom is 0.234 e. The van der Waals surface area contributed by atoms with Crippen LogP contribution in [0.25, 0.3) is 0 Å². The predicted molar refractivity (Wildman–Crippen MR) is 71.2 cm³/mol. The van der Waals surface area contributed by atoms with Crippen molar-refractivity contribution in [2.75, 3.05) is 13.1 Å². The van der Waals surface area contributed by atoms with Gasteiger partial charge in [-0.3, -0.25) is 4.79 Å². The molecule has 1 atom stereocenters. The Kier molecular flexibility index (Phi) is 6.01. The minimum absolute atomic E-state index is 0.00549. The lowest BCUT2D eigenvalue weighted by molar-refractivity contribution is -0.120. The molecule has 1 aromatic carbocycles. The summed E-state index contributed by atoms with van der Waals surface area (Å²) in [5.41, 5.74) is 1.02. The van der Waals surface area contributed by atoms with Crippen LogP contribution in [-0.4, -0.2) is 19.0 Å². The molecule has 3 nitrogen and oxygen atoms in total. The summed E-state index contributed by atoms with van der Waals surface area (Å²) in [7, 11) is 0. The normalized spacial score (nSPS) is 12.2. The van der Waals surface area contributed by atoms with E-state index in [1.165, 1.54) is 0 Å². The maximum absolute atomic E-state index is 11.6. The van der Waals surface area contributed by atoms with E-state index in [1.54, 1.807) is 0 Å². The Morgan fingerprint density at radius 2 is 2.24 bits per heavy atom. The van der Waals surface area contributed by atoms with Crippen molar-refractivity contribution in [3.8, 4) is 0 Å². The van der Waals surface area contributed by atoms with Gasteiger partial charge in [-0.05, 0) is 37.6 Å². The Morgan fingerprint density at radius 1 is 1.47 bits per heavy atom.